The fraction of sp³-hybridized carbons (Fsp3) is 0.423. The number of fused-ring (bicyclic) bond motifs is 1. The molecule has 1 aliphatic rings. The van der Waals surface area contributed by atoms with Crippen LogP contribution in [0.15, 0.2) is 36.7 Å². The van der Waals surface area contributed by atoms with Gasteiger partial charge in [-0.3, -0.25) is 14.5 Å². The number of carbonyl (C=O) groups is 1. The number of benzene rings is 1. The van der Waals surface area contributed by atoms with Crippen molar-refractivity contribution in [3.8, 4) is 22.4 Å². The van der Waals surface area contributed by atoms with Crippen LogP contribution in [0.5, 0.6) is 0 Å². The molecule has 6 heteroatoms. The van der Waals surface area contributed by atoms with E-state index < -0.39 is 0 Å². The lowest BCUT2D eigenvalue weighted by Gasteiger charge is -2.24. The van der Waals surface area contributed by atoms with Gasteiger partial charge in [0.1, 0.15) is 0 Å². The first-order valence-corrected chi connectivity index (χ1v) is 11.4. The molecule has 0 unspecified atom stereocenters. The number of rotatable bonds is 7. The normalized spacial score (nSPS) is 13.7. The van der Waals surface area contributed by atoms with Crippen LogP contribution in [-0.4, -0.2) is 32.6 Å². The summed E-state index contributed by atoms with van der Waals surface area (Å²) >= 11 is 0. The molecule has 0 aliphatic carbocycles. The molecule has 0 spiro atoms. The van der Waals surface area contributed by atoms with Crippen LogP contribution in [0, 0.1) is 12.3 Å². The second kappa shape index (κ2) is 8.41. The number of aryl methyl sites for hydroxylation is 1. The molecule has 3 heterocycles. The van der Waals surface area contributed by atoms with Crippen LogP contribution in [0.4, 0.5) is 5.69 Å². The van der Waals surface area contributed by atoms with E-state index in [1.54, 1.807) is 4.90 Å². The molecule has 3 aromatic rings. The van der Waals surface area contributed by atoms with Crippen molar-refractivity contribution >= 4 is 11.6 Å². The molecular weight excluding hydrogens is 398 g/mol. The summed E-state index contributed by atoms with van der Waals surface area (Å²) in [5.41, 5.74) is 13.5. The third-order valence-corrected chi connectivity index (χ3v) is 6.27. The standard InChI is InChI=1S/C26H33N5O/c1-6-7-10-26(3,4)16-31-15-20(13-28-31)23-22(27)11-17(2)29-24(23)18-8-9-19-14-30(5)25(32)21(19)12-18/h8-9,11-13,15H,6-7,10,14,16H2,1-5H3,(H2,27,29). The highest BCUT2D eigenvalue weighted by atomic mass is 16.2. The summed E-state index contributed by atoms with van der Waals surface area (Å²) in [6, 6.07) is 7.90. The van der Waals surface area contributed by atoms with Crippen molar-refractivity contribution in [3.05, 3.63) is 53.5 Å². The molecule has 0 saturated heterocycles. The van der Waals surface area contributed by atoms with Gasteiger partial charge in [0.2, 0.25) is 0 Å². The summed E-state index contributed by atoms with van der Waals surface area (Å²) < 4.78 is 2.01. The maximum absolute atomic E-state index is 12.5. The molecular formula is C26H33N5O. The Morgan fingerprint density at radius 3 is 2.72 bits per heavy atom. The number of pyridine rings is 1. The zero-order chi connectivity index (χ0) is 23.0. The minimum Gasteiger partial charge on any atom is -0.398 e. The first kappa shape index (κ1) is 22.1. The van der Waals surface area contributed by atoms with Crippen LogP contribution in [0.1, 0.15) is 61.6 Å². The largest absolute Gasteiger partial charge is 0.398 e. The van der Waals surface area contributed by atoms with E-state index in [-0.39, 0.29) is 11.3 Å². The molecule has 4 rings (SSSR count). The number of unbranched alkanes of at least 4 members (excludes halogenated alkanes) is 1. The second-order valence-corrected chi connectivity index (χ2v) is 9.80. The maximum Gasteiger partial charge on any atom is 0.254 e. The lowest BCUT2D eigenvalue weighted by molar-refractivity contribution is 0.0816. The van der Waals surface area contributed by atoms with Crippen molar-refractivity contribution in [2.75, 3.05) is 12.8 Å². The number of nitrogens with two attached hydrogens (primary N) is 1. The van der Waals surface area contributed by atoms with Crippen LogP contribution in [-0.2, 0) is 13.1 Å². The lowest BCUT2D eigenvalue weighted by atomic mass is 9.87. The molecule has 32 heavy (non-hydrogen) atoms. The summed E-state index contributed by atoms with van der Waals surface area (Å²) in [4.78, 5) is 19.1. The smallest absolute Gasteiger partial charge is 0.254 e. The Hall–Kier alpha value is -3.15. The number of amides is 1. The van der Waals surface area contributed by atoms with E-state index in [0.29, 0.717) is 12.2 Å². The van der Waals surface area contributed by atoms with Gasteiger partial charge in [-0.05, 0) is 36.5 Å². The van der Waals surface area contributed by atoms with Gasteiger partial charge >= 0.3 is 0 Å². The van der Waals surface area contributed by atoms with Gasteiger partial charge in [0.25, 0.3) is 5.91 Å². The monoisotopic (exact) mass is 431 g/mol. The summed E-state index contributed by atoms with van der Waals surface area (Å²) in [7, 11) is 1.83. The van der Waals surface area contributed by atoms with Crippen LogP contribution in [0.2, 0.25) is 0 Å². The Morgan fingerprint density at radius 2 is 1.97 bits per heavy atom. The number of nitrogens with zero attached hydrogens (tertiary/aromatic N) is 4. The fourth-order valence-corrected chi connectivity index (χ4v) is 4.56. The fourth-order valence-electron chi connectivity index (χ4n) is 4.56. The Morgan fingerprint density at radius 1 is 1.19 bits per heavy atom. The van der Waals surface area contributed by atoms with Crippen molar-refractivity contribution in [2.45, 2.75) is 60.0 Å². The van der Waals surface area contributed by atoms with Crippen molar-refractivity contribution in [3.63, 3.8) is 0 Å². The molecule has 6 nitrogen and oxygen atoms in total. The van der Waals surface area contributed by atoms with Gasteiger partial charge < -0.3 is 10.6 Å². The van der Waals surface area contributed by atoms with E-state index in [1.807, 2.05) is 49.1 Å². The first-order valence-electron chi connectivity index (χ1n) is 11.4. The number of anilines is 1. The molecule has 0 saturated carbocycles. The van der Waals surface area contributed by atoms with Gasteiger partial charge in [-0.15, -0.1) is 0 Å². The third-order valence-electron chi connectivity index (χ3n) is 6.27. The van der Waals surface area contributed by atoms with Crippen molar-refractivity contribution in [2.24, 2.45) is 5.41 Å². The quantitative estimate of drug-likeness (QED) is 0.550. The van der Waals surface area contributed by atoms with E-state index in [4.69, 9.17) is 10.7 Å². The van der Waals surface area contributed by atoms with E-state index in [1.165, 1.54) is 12.8 Å². The van der Waals surface area contributed by atoms with Gasteiger partial charge in [0, 0.05) is 60.0 Å². The van der Waals surface area contributed by atoms with Crippen LogP contribution >= 0.6 is 0 Å². The average molecular weight is 432 g/mol. The topological polar surface area (TPSA) is 77.0 Å². The Balaban J connectivity index is 1.73. The first-order chi connectivity index (χ1) is 15.2. The molecule has 1 aromatic carbocycles. The summed E-state index contributed by atoms with van der Waals surface area (Å²) in [5.74, 6) is 0.0474. The Bertz CT molecular complexity index is 1160. The van der Waals surface area contributed by atoms with Gasteiger partial charge in [-0.2, -0.15) is 5.10 Å². The number of hydrogen-bond donors (Lipinski definition) is 1. The zero-order valence-corrected chi connectivity index (χ0v) is 19.8. The van der Waals surface area contributed by atoms with E-state index >= 15 is 0 Å². The maximum atomic E-state index is 12.5. The van der Waals surface area contributed by atoms with Gasteiger partial charge in [0.05, 0.1) is 11.9 Å². The lowest BCUT2D eigenvalue weighted by Crippen LogP contribution is -2.19. The predicted octanol–water partition coefficient (Wildman–Crippen LogP) is 5.30. The molecule has 1 amide bonds. The molecule has 1 aliphatic heterocycles. The van der Waals surface area contributed by atoms with Crippen LogP contribution in [0.25, 0.3) is 22.4 Å². The Kier molecular flexibility index (Phi) is 5.80. The van der Waals surface area contributed by atoms with Gasteiger partial charge in [-0.1, -0.05) is 45.7 Å². The molecule has 0 fully saturated rings. The minimum absolute atomic E-state index is 0.0474. The molecule has 0 bridgehead atoms. The molecule has 0 radical (unpaired) electrons. The number of aromatic nitrogens is 3. The average Bonchev–Trinajstić information content (AvgIpc) is 3.29. The molecule has 0 atom stereocenters. The summed E-state index contributed by atoms with van der Waals surface area (Å²) in [6.07, 6.45) is 7.50. The van der Waals surface area contributed by atoms with Crippen molar-refractivity contribution in [1.82, 2.24) is 19.7 Å². The molecule has 2 N–H and O–H groups in total. The van der Waals surface area contributed by atoms with E-state index in [0.717, 1.165) is 52.2 Å². The van der Waals surface area contributed by atoms with E-state index in [2.05, 4.69) is 32.1 Å². The van der Waals surface area contributed by atoms with Crippen molar-refractivity contribution < 1.29 is 4.79 Å². The van der Waals surface area contributed by atoms with Gasteiger partial charge in [-0.25, -0.2) is 0 Å². The van der Waals surface area contributed by atoms with E-state index in [9.17, 15) is 4.79 Å². The SMILES string of the molecule is CCCCC(C)(C)Cn1cc(-c2c(N)cc(C)nc2-c2ccc3c(c2)C(=O)N(C)C3)cn1. The highest BCUT2D eigenvalue weighted by molar-refractivity contribution is 6.00. The zero-order valence-electron chi connectivity index (χ0n) is 19.8. The summed E-state index contributed by atoms with van der Waals surface area (Å²) in [6.45, 7) is 10.2. The highest BCUT2D eigenvalue weighted by Crippen LogP contribution is 2.37. The number of hydrogen-bond acceptors (Lipinski definition) is 4. The minimum atomic E-state index is 0.0474. The second-order valence-electron chi connectivity index (χ2n) is 9.80. The van der Waals surface area contributed by atoms with Crippen LogP contribution in [0.3, 0.4) is 0 Å². The Labute approximate surface area is 190 Å². The predicted molar refractivity (Wildman–Crippen MR) is 129 cm³/mol. The molecule has 168 valence electrons. The highest BCUT2D eigenvalue weighted by Gasteiger charge is 2.26. The summed E-state index contributed by atoms with van der Waals surface area (Å²) in [5, 5.41) is 4.64. The van der Waals surface area contributed by atoms with Crippen molar-refractivity contribution in [1.29, 1.82) is 0 Å². The number of carbonyl (C=O) groups excluding carboxylic acids is 1. The van der Waals surface area contributed by atoms with Gasteiger partial charge in [0.15, 0.2) is 0 Å². The third kappa shape index (κ3) is 4.27. The number of nitrogen functional groups attached to an aromatic ring is 1. The van der Waals surface area contributed by atoms with Crippen LogP contribution < -0.4 is 5.73 Å². The molecule has 2 aromatic heterocycles.